The maximum atomic E-state index is 12.5. The summed E-state index contributed by atoms with van der Waals surface area (Å²) in [6, 6.07) is 5.40. The molecule has 1 saturated heterocycles. The Morgan fingerprint density at radius 2 is 2.00 bits per heavy atom. The zero-order valence-corrected chi connectivity index (χ0v) is 15.8. The predicted octanol–water partition coefficient (Wildman–Crippen LogP) is 1.33. The minimum atomic E-state index is -3.12. The summed E-state index contributed by atoms with van der Waals surface area (Å²) in [4.78, 5) is 36.1. The summed E-state index contributed by atoms with van der Waals surface area (Å²) in [7, 11) is -3.12. The fourth-order valence-electron chi connectivity index (χ4n) is 3.21. The normalized spacial score (nSPS) is 20.8. The Balaban J connectivity index is 1.55. The molecule has 1 heterocycles. The Morgan fingerprint density at radius 1 is 1.25 bits per heavy atom. The molecule has 28 heavy (non-hydrogen) atoms. The van der Waals surface area contributed by atoms with Crippen molar-refractivity contribution in [3.63, 3.8) is 0 Å². The van der Waals surface area contributed by atoms with Crippen LogP contribution in [0.3, 0.4) is 0 Å². The molecule has 1 amide bonds. The number of benzene rings is 1. The lowest BCUT2D eigenvalue weighted by atomic mass is 10.2. The molecule has 1 aliphatic carbocycles. The number of amides is 1. The number of sulfone groups is 1. The van der Waals surface area contributed by atoms with Gasteiger partial charge in [0.2, 0.25) is 0 Å². The smallest absolute Gasteiger partial charge is 0.331 e. The van der Waals surface area contributed by atoms with Crippen LogP contribution in [-0.4, -0.2) is 60.3 Å². The summed E-state index contributed by atoms with van der Waals surface area (Å²) >= 11 is 0. The molecule has 2 fully saturated rings. The third-order valence-electron chi connectivity index (χ3n) is 4.66. The Morgan fingerprint density at radius 3 is 2.61 bits per heavy atom. The summed E-state index contributed by atoms with van der Waals surface area (Å²) in [5, 5.41) is 10.8. The number of rotatable bonds is 7. The van der Waals surface area contributed by atoms with Gasteiger partial charge >= 0.3 is 5.97 Å². The number of ether oxygens (including phenoxy) is 1. The van der Waals surface area contributed by atoms with Crippen LogP contribution in [0.15, 0.2) is 30.3 Å². The highest BCUT2D eigenvalue weighted by Gasteiger charge is 2.42. The van der Waals surface area contributed by atoms with Gasteiger partial charge in [0.15, 0.2) is 16.4 Å². The van der Waals surface area contributed by atoms with Crippen molar-refractivity contribution in [3.8, 4) is 0 Å². The van der Waals surface area contributed by atoms with E-state index in [9.17, 15) is 28.1 Å². The molecule has 0 N–H and O–H groups in total. The second kappa shape index (κ2) is 8.09. The van der Waals surface area contributed by atoms with E-state index in [1.165, 1.54) is 24.3 Å². The van der Waals surface area contributed by atoms with Crippen LogP contribution in [0, 0.1) is 10.1 Å². The zero-order valence-electron chi connectivity index (χ0n) is 15.0. The topological polar surface area (TPSA) is 124 Å². The number of carbonyl (C=O) groups is 2. The predicted molar refractivity (Wildman–Crippen MR) is 100 cm³/mol. The minimum Gasteiger partial charge on any atom is -0.452 e. The van der Waals surface area contributed by atoms with Gasteiger partial charge in [-0.1, -0.05) is 12.1 Å². The fraction of sp³-hybridized carbons (Fsp3) is 0.444. The van der Waals surface area contributed by atoms with Gasteiger partial charge in [0.1, 0.15) is 0 Å². The standard InChI is InChI=1S/C18H20N2O7S/c21-17(19(14-5-6-14)16-8-9-28(25,26)12-16)11-27-18(22)7-4-13-2-1-3-15(10-13)20(23)24/h1-4,7,10,14,16H,5-6,8-9,11-12H2/b7-4+/t16-/m0/s1. The Bertz CT molecular complexity index is 922. The van der Waals surface area contributed by atoms with Crippen molar-refractivity contribution in [1.82, 2.24) is 4.90 Å². The summed E-state index contributed by atoms with van der Waals surface area (Å²) < 4.78 is 28.4. The summed E-state index contributed by atoms with van der Waals surface area (Å²) in [5.41, 5.74) is 0.352. The molecule has 0 aromatic heterocycles. The fourth-order valence-corrected chi connectivity index (χ4v) is 4.93. The highest BCUT2D eigenvalue weighted by molar-refractivity contribution is 7.91. The lowest BCUT2D eigenvalue weighted by Crippen LogP contribution is -2.44. The summed E-state index contributed by atoms with van der Waals surface area (Å²) in [6.45, 7) is -0.467. The van der Waals surface area contributed by atoms with Crippen LogP contribution in [0.2, 0.25) is 0 Å². The molecule has 0 bridgehead atoms. The molecule has 1 aromatic rings. The summed E-state index contributed by atoms with van der Waals surface area (Å²) in [5.74, 6) is -1.13. The Kier molecular flexibility index (Phi) is 5.78. The maximum Gasteiger partial charge on any atom is 0.331 e. The van der Waals surface area contributed by atoms with Crippen LogP contribution in [-0.2, 0) is 24.2 Å². The highest BCUT2D eigenvalue weighted by Crippen LogP contribution is 2.32. The average molecular weight is 408 g/mol. The highest BCUT2D eigenvalue weighted by atomic mass is 32.2. The number of hydrogen-bond acceptors (Lipinski definition) is 7. The third-order valence-corrected chi connectivity index (χ3v) is 6.41. The van der Waals surface area contributed by atoms with Crippen LogP contribution in [0.1, 0.15) is 24.8 Å². The van der Waals surface area contributed by atoms with Gasteiger partial charge < -0.3 is 9.64 Å². The Hall–Kier alpha value is -2.75. The van der Waals surface area contributed by atoms with Crippen molar-refractivity contribution in [1.29, 1.82) is 0 Å². The van der Waals surface area contributed by atoms with Gasteiger partial charge in [-0.25, -0.2) is 13.2 Å². The molecule has 3 rings (SSSR count). The van der Waals surface area contributed by atoms with Crippen LogP contribution in [0.25, 0.3) is 6.08 Å². The molecule has 2 aliphatic rings. The van der Waals surface area contributed by atoms with Crippen molar-refractivity contribution >= 4 is 33.5 Å². The van der Waals surface area contributed by atoms with Crippen molar-refractivity contribution < 1.29 is 27.7 Å². The van der Waals surface area contributed by atoms with E-state index >= 15 is 0 Å². The van der Waals surface area contributed by atoms with E-state index in [-0.39, 0.29) is 29.3 Å². The van der Waals surface area contributed by atoms with E-state index in [0.29, 0.717) is 12.0 Å². The average Bonchev–Trinajstić information content (AvgIpc) is 3.41. The number of nitro benzene ring substituents is 1. The second-order valence-corrected chi connectivity index (χ2v) is 9.11. The third kappa shape index (κ3) is 5.16. The number of carbonyl (C=O) groups excluding carboxylic acids is 2. The monoisotopic (exact) mass is 408 g/mol. The molecule has 0 unspecified atom stereocenters. The van der Waals surface area contributed by atoms with Crippen LogP contribution >= 0.6 is 0 Å². The van der Waals surface area contributed by atoms with E-state index in [0.717, 1.165) is 18.9 Å². The van der Waals surface area contributed by atoms with Gasteiger partial charge in [0.05, 0.1) is 16.4 Å². The van der Waals surface area contributed by atoms with Crippen molar-refractivity contribution in [2.75, 3.05) is 18.1 Å². The van der Waals surface area contributed by atoms with E-state index in [1.54, 1.807) is 11.0 Å². The van der Waals surface area contributed by atoms with Crippen molar-refractivity contribution in [2.45, 2.75) is 31.3 Å². The molecular weight excluding hydrogens is 388 g/mol. The van der Waals surface area contributed by atoms with Gasteiger partial charge in [-0.05, 0) is 30.9 Å². The van der Waals surface area contributed by atoms with Crippen LogP contribution in [0.5, 0.6) is 0 Å². The lowest BCUT2D eigenvalue weighted by molar-refractivity contribution is -0.384. The molecule has 0 spiro atoms. The first kappa shape index (κ1) is 20.0. The van der Waals surface area contributed by atoms with Gasteiger partial charge in [-0.2, -0.15) is 0 Å². The van der Waals surface area contributed by atoms with Gasteiger partial charge in [0, 0.05) is 30.3 Å². The second-order valence-electron chi connectivity index (χ2n) is 6.88. The first-order valence-corrected chi connectivity index (χ1v) is 10.7. The molecular formula is C18H20N2O7S. The molecule has 1 atom stereocenters. The molecule has 10 heteroatoms. The van der Waals surface area contributed by atoms with Crippen LogP contribution < -0.4 is 0 Å². The first-order valence-electron chi connectivity index (χ1n) is 8.86. The van der Waals surface area contributed by atoms with Crippen LogP contribution in [0.4, 0.5) is 5.69 Å². The number of nitrogens with zero attached hydrogens (tertiary/aromatic N) is 2. The van der Waals surface area contributed by atoms with Crippen molar-refractivity contribution in [2.24, 2.45) is 0 Å². The van der Waals surface area contributed by atoms with Gasteiger partial charge in [-0.3, -0.25) is 14.9 Å². The minimum absolute atomic E-state index is 0.0184. The number of esters is 1. The van der Waals surface area contributed by atoms with E-state index in [2.05, 4.69) is 0 Å². The number of hydrogen-bond donors (Lipinski definition) is 0. The van der Waals surface area contributed by atoms with Gasteiger partial charge in [-0.15, -0.1) is 0 Å². The Labute approximate surface area is 162 Å². The summed E-state index contributed by atoms with van der Waals surface area (Å²) in [6.07, 6.45) is 4.51. The molecule has 9 nitrogen and oxygen atoms in total. The van der Waals surface area contributed by atoms with E-state index in [4.69, 9.17) is 4.74 Å². The number of non-ortho nitro benzene ring substituents is 1. The first-order chi connectivity index (χ1) is 13.2. The molecule has 1 aromatic carbocycles. The van der Waals surface area contributed by atoms with E-state index in [1.807, 2.05) is 0 Å². The van der Waals surface area contributed by atoms with Gasteiger partial charge in [0.25, 0.3) is 11.6 Å². The van der Waals surface area contributed by atoms with E-state index < -0.39 is 33.2 Å². The largest absolute Gasteiger partial charge is 0.452 e. The number of nitro groups is 1. The molecule has 1 aliphatic heterocycles. The van der Waals surface area contributed by atoms with Crippen molar-refractivity contribution in [3.05, 3.63) is 46.0 Å². The quantitative estimate of drug-likeness (QED) is 0.288. The molecule has 150 valence electrons. The lowest BCUT2D eigenvalue weighted by Gasteiger charge is -2.28. The SMILES string of the molecule is O=C(/C=C/c1cccc([N+](=O)[O-])c1)OCC(=O)N(C1CC1)[C@H]1CCS(=O)(=O)C1. The molecule has 0 radical (unpaired) electrons. The zero-order chi connectivity index (χ0) is 20.3. The maximum absolute atomic E-state index is 12.5. The molecule has 1 saturated carbocycles.